The maximum absolute atomic E-state index is 11.0. The van der Waals surface area contributed by atoms with E-state index in [-0.39, 0.29) is 5.01 Å². The minimum Gasteiger partial charge on any atom is -0.323 e. The highest BCUT2D eigenvalue weighted by molar-refractivity contribution is 7.70. The molecule has 0 spiro atoms. The molecule has 0 bridgehead atoms. The third-order valence-electron chi connectivity index (χ3n) is 1.49. The number of nitrogens with zero attached hydrogens (tertiary/aromatic N) is 1. The van der Waals surface area contributed by atoms with Gasteiger partial charge in [0.15, 0.2) is 0 Å². The third kappa shape index (κ3) is 3.19. The summed E-state index contributed by atoms with van der Waals surface area (Å²) in [5, 5.41) is -0.925. The van der Waals surface area contributed by atoms with Crippen molar-refractivity contribution in [3.05, 3.63) is 16.1 Å². The van der Waals surface area contributed by atoms with Crippen LogP contribution in [0.3, 0.4) is 0 Å². The first-order chi connectivity index (χ1) is 6.62. The molecule has 0 aromatic carbocycles. The predicted octanol–water partition coefficient (Wildman–Crippen LogP) is 0.806. The number of hydrogen-bond acceptors (Lipinski definition) is 4. The molecule has 10 heteroatoms. The van der Waals surface area contributed by atoms with E-state index in [1.54, 1.807) is 6.92 Å². The second-order valence-corrected chi connectivity index (χ2v) is 7.57. The van der Waals surface area contributed by atoms with E-state index in [1.165, 1.54) is 5.38 Å². The van der Waals surface area contributed by atoms with Gasteiger partial charge in [-0.25, -0.2) is 4.98 Å². The fourth-order valence-electron chi connectivity index (χ4n) is 0.974. The minimum absolute atomic E-state index is 0.242. The molecule has 0 aliphatic rings. The highest BCUT2D eigenvalue weighted by Gasteiger charge is 2.46. The SMILES string of the molecule is Cc1csc(C(P(=O)(O)O)P(=O)(O)O)n1. The van der Waals surface area contributed by atoms with E-state index in [0.29, 0.717) is 5.69 Å². The van der Waals surface area contributed by atoms with Gasteiger partial charge in [0, 0.05) is 11.1 Å². The fourth-order valence-corrected chi connectivity index (χ4v) is 5.08. The van der Waals surface area contributed by atoms with Gasteiger partial charge in [0.05, 0.1) is 0 Å². The first-order valence-corrected chi connectivity index (χ1v) is 7.89. The summed E-state index contributed by atoms with van der Waals surface area (Å²) < 4.78 is 21.9. The molecular weight excluding hydrogens is 264 g/mol. The standard InChI is InChI=1S/C5H9NO6P2S/c1-3-2-15-4(6-3)5(13(7,8)9)14(10,11)12/h2,5H,1H3,(H2,7,8,9)(H2,10,11,12). The molecule has 0 saturated heterocycles. The Labute approximate surface area is 89.1 Å². The Bertz CT molecular complexity index is 424. The molecule has 0 unspecified atom stereocenters. The number of aromatic nitrogens is 1. The molecule has 0 atom stereocenters. The summed E-state index contributed by atoms with van der Waals surface area (Å²) in [7, 11) is -9.84. The molecule has 0 aliphatic carbocycles. The van der Waals surface area contributed by atoms with Crippen molar-refractivity contribution in [2.45, 2.75) is 12.3 Å². The zero-order chi connectivity index (χ0) is 11.9. The molecular formula is C5H9NO6P2S. The Kier molecular flexibility index (Phi) is 3.52. The second kappa shape index (κ2) is 4.07. The van der Waals surface area contributed by atoms with E-state index in [0.717, 1.165) is 11.3 Å². The van der Waals surface area contributed by atoms with Gasteiger partial charge < -0.3 is 19.6 Å². The van der Waals surface area contributed by atoms with Crippen LogP contribution in [0.2, 0.25) is 0 Å². The normalized spacial score (nSPS) is 13.5. The van der Waals surface area contributed by atoms with E-state index < -0.39 is 20.6 Å². The maximum atomic E-state index is 11.0. The molecule has 0 saturated carbocycles. The van der Waals surface area contributed by atoms with Crippen LogP contribution in [0.5, 0.6) is 0 Å². The molecule has 0 aliphatic heterocycles. The molecule has 86 valence electrons. The average molecular weight is 273 g/mol. The quantitative estimate of drug-likeness (QED) is 0.600. The third-order valence-corrected chi connectivity index (χ3v) is 6.44. The summed E-state index contributed by atoms with van der Waals surface area (Å²) in [4.78, 5) is 39.1. The van der Waals surface area contributed by atoms with E-state index in [4.69, 9.17) is 19.6 Å². The Morgan fingerprint density at radius 2 is 1.73 bits per heavy atom. The van der Waals surface area contributed by atoms with Gasteiger partial charge in [-0.2, -0.15) is 0 Å². The van der Waals surface area contributed by atoms with Crippen LogP contribution in [0.15, 0.2) is 5.38 Å². The van der Waals surface area contributed by atoms with Crippen molar-refractivity contribution in [3.8, 4) is 0 Å². The molecule has 15 heavy (non-hydrogen) atoms. The van der Waals surface area contributed by atoms with Crippen LogP contribution >= 0.6 is 26.5 Å². The van der Waals surface area contributed by atoms with Crippen molar-refractivity contribution >= 4 is 26.5 Å². The van der Waals surface area contributed by atoms with Crippen LogP contribution < -0.4 is 0 Å². The zero-order valence-corrected chi connectivity index (χ0v) is 10.1. The van der Waals surface area contributed by atoms with Crippen molar-refractivity contribution < 1.29 is 28.7 Å². The van der Waals surface area contributed by atoms with Crippen LogP contribution in [-0.4, -0.2) is 24.6 Å². The predicted molar refractivity (Wildman–Crippen MR) is 53.7 cm³/mol. The second-order valence-electron chi connectivity index (χ2n) is 2.88. The molecule has 1 heterocycles. The van der Waals surface area contributed by atoms with Gasteiger partial charge in [0.1, 0.15) is 5.01 Å². The number of aryl methyl sites for hydroxylation is 1. The van der Waals surface area contributed by atoms with Gasteiger partial charge in [0.2, 0.25) is 5.40 Å². The minimum atomic E-state index is -4.92. The lowest BCUT2D eigenvalue weighted by Gasteiger charge is -2.16. The van der Waals surface area contributed by atoms with Crippen LogP contribution in [0.4, 0.5) is 0 Å². The van der Waals surface area contributed by atoms with Crippen molar-refractivity contribution in [1.29, 1.82) is 0 Å². The van der Waals surface area contributed by atoms with Gasteiger partial charge in [0.25, 0.3) is 0 Å². The highest BCUT2D eigenvalue weighted by atomic mass is 32.1. The average Bonchev–Trinajstić information content (AvgIpc) is 2.28. The number of rotatable bonds is 3. The van der Waals surface area contributed by atoms with Crippen molar-refractivity contribution in [2.24, 2.45) is 0 Å². The van der Waals surface area contributed by atoms with Crippen LogP contribution in [0, 0.1) is 6.92 Å². The van der Waals surface area contributed by atoms with Gasteiger partial charge in [-0.3, -0.25) is 9.13 Å². The Morgan fingerprint density at radius 1 is 1.27 bits per heavy atom. The van der Waals surface area contributed by atoms with E-state index in [9.17, 15) is 9.13 Å². The molecule has 0 fully saturated rings. The molecule has 7 nitrogen and oxygen atoms in total. The van der Waals surface area contributed by atoms with Crippen LogP contribution in [0.25, 0.3) is 0 Å². The fraction of sp³-hybridized carbons (Fsp3) is 0.400. The molecule has 4 N–H and O–H groups in total. The Balaban J connectivity index is 3.26. The summed E-state index contributed by atoms with van der Waals surface area (Å²) in [5.41, 5.74) is 0.460. The van der Waals surface area contributed by atoms with E-state index in [2.05, 4.69) is 4.98 Å². The van der Waals surface area contributed by atoms with Crippen LogP contribution in [-0.2, 0) is 9.13 Å². The van der Waals surface area contributed by atoms with Crippen molar-refractivity contribution in [1.82, 2.24) is 4.98 Å². The van der Waals surface area contributed by atoms with Crippen LogP contribution in [0.1, 0.15) is 16.1 Å². The highest BCUT2D eigenvalue weighted by Crippen LogP contribution is 2.70. The topological polar surface area (TPSA) is 128 Å². The molecule has 1 rings (SSSR count). The first-order valence-electron chi connectivity index (χ1n) is 3.65. The molecule has 1 aromatic rings. The summed E-state index contributed by atoms with van der Waals surface area (Å²) in [5.74, 6) is 0. The molecule has 0 radical (unpaired) electrons. The smallest absolute Gasteiger partial charge is 0.323 e. The summed E-state index contributed by atoms with van der Waals surface area (Å²) in [6.45, 7) is 1.57. The summed E-state index contributed by atoms with van der Waals surface area (Å²) >= 11 is 0.816. The molecule has 0 amide bonds. The summed E-state index contributed by atoms with van der Waals surface area (Å²) in [6.07, 6.45) is 0. The lowest BCUT2D eigenvalue weighted by Crippen LogP contribution is -2.00. The van der Waals surface area contributed by atoms with Crippen molar-refractivity contribution in [3.63, 3.8) is 0 Å². The van der Waals surface area contributed by atoms with Crippen molar-refractivity contribution in [2.75, 3.05) is 0 Å². The van der Waals surface area contributed by atoms with Gasteiger partial charge in [-0.1, -0.05) is 0 Å². The maximum Gasteiger partial charge on any atom is 0.347 e. The van der Waals surface area contributed by atoms with E-state index >= 15 is 0 Å². The first kappa shape index (κ1) is 13.0. The summed E-state index contributed by atoms with van der Waals surface area (Å²) in [6, 6.07) is 0. The number of hydrogen-bond donors (Lipinski definition) is 4. The van der Waals surface area contributed by atoms with E-state index in [1.807, 2.05) is 0 Å². The Hall–Kier alpha value is -0.0700. The van der Waals surface area contributed by atoms with Gasteiger partial charge in [-0.15, -0.1) is 11.3 Å². The lowest BCUT2D eigenvalue weighted by atomic mass is 10.6. The Morgan fingerprint density at radius 3 is 2.00 bits per heavy atom. The monoisotopic (exact) mass is 273 g/mol. The lowest BCUT2D eigenvalue weighted by molar-refractivity contribution is 0.340. The molecule has 1 aromatic heterocycles. The van der Waals surface area contributed by atoms with Gasteiger partial charge in [-0.05, 0) is 6.92 Å². The number of thiazole rings is 1. The largest absolute Gasteiger partial charge is 0.347 e. The van der Waals surface area contributed by atoms with Gasteiger partial charge >= 0.3 is 15.2 Å². The zero-order valence-electron chi connectivity index (χ0n) is 7.51.